The number of hydrogen-bond acceptors (Lipinski definition) is 3. The Hall–Kier alpha value is -0.720. The van der Waals surface area contributed by atoms with Crippen LogP contribution in [-0.4, -0.2) is 22.0 Å². The van der Waals surface area contributed by atoms with Gasteiger partial charge in [0.1, 0.15) is 5.70 Å². The number of thiophene rings is 1. The van der Waals surface area contributed by atoms with Gasteiger partial charge in [-0.05, 0) is 53.1 Å². The van der Waals surface area contributed by atoms with E-state index in [9.17, 15) is 4.79 Å². The Morgan fingerprint density at radius 1 is 1.40 bits per heavy atom. The quantitative estimate of drug-likeness (QED) is 0.632. The van der Waals surface area contributed by atoms with E-state index in [0.717, 1.165) is 22.2 Å². The fourth-order valence-corrected chi connectivity index (χ4v) is 4.48. The largest absolute Gasteiger partial charge is 0.328 e. The summed E-state index contributed by atoms with van der Waals surface area (Å²) < 4.78 is 1.03. The Morgan fingerprint density at radius 3 is 2.80 bits per heavy atom. The molecule has 2 heterocycles. The van der Waals surface area contributed by atoms with Crippen LogP contribution in [0.25, 0.3) is 6.08 Å². The van der Waals surface area contributed by atoms with Crippen molar-refractivity contribution in [3.8, 4) is 0 Å². The van der Waals surface area contributed by atoms with E-state index in [1.54, 1.807) is 16.2 Å². The molecule has 0 unspecified atom stereocenters. The van der Waals surface area contributed by atoms with Gasteiger partial charge in [-0.2, -0.15) is 0 Å². The van der Waals surface area contributed by atoms with Crippen LogP contribution in [0.2, 0.25) is 0 Å². The molecule has 1 amide bonds. The van der Waals surface area contributed by atoms with Crippen molar-refractivity contribution in [1.82, 2.24) is 10.2 Å². The van der Waals surface area contributed by atoms with E-state index in [0.29, 0.717) is 10.8 Å². The number of rotatable bonds is 2. The van der Waals surface area contributed by atoms with Crippen LogP contribution < -0.4 is 5.32 Å². The molecule has 2 aliphatic rings. The molecule has 0 atom stereocenters. The zero-order chi connectivity index (χ0) is 14.1. The minimum absolute atomic E-state index is 0.0198. The molecule has 1 aromatic rings. The third-order valence-electron chi connectivity index (χ3n) is 3.72. The number of hydrogen-bond donors (Lipinski definition) is 1. The summed E-state index contributed by atoms with van der Waals surface area (Å²) in [4.78, 5) is 15.4. The molecular weight excluding hydrogens is 356 g/mol. The molecule has 1 saturated heterocycles. The first-order valence-electron chi connectivity index (χ1n) is 6.75. The molecular formula is C14H15BrN2OS2. The van der Waals surface area contributed by atoms with E-state index in [1.165, 1.54) is 19.3 Å². The van der Waals surface area contributed by atoms with Gasteiger partial charge in [-0.15, -0.1) is 11.3 Å². The van der Waals surface area contributed by atoms with Gasteiger partial charge in [0.2, 0.25) is 0 Å². The van der Waals surface area contributed by atoms with Crippen LogP contribution in [0.3, 0.4) is 0 Å². The lowest BCUT2D eigenvalue weighted by atomic mass is 9.94. The van der Waals surface area contributed by atoms with Crippen molar-refractivity contribution in [3.63, 3.8) is 0 Å². The maximum Gasteiger partial charge on any atom is 0.276 e. The molecule has 2 fully saturated rings. The number of nitrogens with zero attached hydrogens (tertiary/aromatic N) is 1. The van der Waals surface area contributed by atoms with Gasteiger partial charge in [0.25, 0.3) is 5.91 Å². The van der Waals surface area contributed by atoms with Crippen molar-refractivity contribution in [1.29, 1.82) is 0 Å². The molecule has 106 valence electrons. The third kappa shape index (κ3) is 2.82. The smallest absolute Gasteiger partial charge is 0.276 e. The van der Waals surface area contributed by atoms with Gasteiger partial charge in [-0.25, -0.2) is 0 Å². The monoisotopic (exact) mass is 370 g/mol. The molecule has 1 aliphatic heterocycles. The molecule has 0 radical (unpaired) electrons. The second-order valence-corrected chi connectivity index (χ2v) is 7.37. The Balaban J connectivity index is 1.81. The molecule has 3 nitrogen and oxygen atoms in total. The lowest BCUT2D eigenvalue weighted by molar-refractivity contribution is -0.124. The summed E-state index contributed by atoms with van der Waals surface area (Å²) in [5.41, 5.74) is 0.593. The lowest BCUT2D eigenvalue weighted by Gasteiger charge is -2.29. The first-order valence-corrected chi connectivity index (χ1v) is 8.83. The van der Waals surface area contributed by atoms with Crippen molar-refractivity contribution in [2.45, 2.75) is 38.1 Å². The molecule has 1 N–H and O–H groups in total. The molecule has 6 heteroatoms. The first-order chi connectivity index (χ1) is 9.65. The van der Waals surface area contributed by atoms with Gasteiger partial charge in [-0.3, -0.25) is 9.69 Å². The predicted molar refractivity (Wildman–Crippen MR) is 89.4 cm³/mol. The molecule has 0 bridgehead atoms. The van der Waals surface area contributed by atoms with Crippen molar-refractivity contribution in [2.24, 2.45) is 0 Å². The van der Waals surface area contributed by atoms with Crippen LogP contribution in [-0.2, 0) is 4.79 Å². The Kier molecular flexibility index (Phi) is 4.23. The second kappa shape index (κ2) is 5.95. The van der Waals surface area contributed by atoms with Gasteiger partial charge in [-0.1, -0.05) is 19.3 Å². The minimum atomic E-state index is 0.0198. The topological polar surface area (TPSA) is 32.3 Å². The van der Waals surface area contributed by atoms with E-state index in [4.69, 9.17) is 12.2 Å². The molecule has 0 spiro atoms. The number of amides is 1. The molecule has 1 aliphatic carbocycles. The molecule has 3 rings (SSSR count). The maximum absolute atomic E-state index is 12.5. The van der Waals surface area contributed by atoms with E-state index in [2.05, 4.69) is 21.2 Å². The fourth-order valence-electron chi connectivity index (χ4n) is 2.77. The molecule has 20 heavy (non-hydrogen) atoms. The van der Waals surface area contributed by atoms with Gasteiger partial charge >= 0.3 is 0 Å². The van der Waals surface area contributed by atoms with Crippen LogP contribution in [0.5, 0.6) is 0 Å². The summed E-state index contributed by atoms with van der Waals surface area (Å²) >= 11 is 10.4. The zero-order valence-electron chi connectivity index (χ0n) is 10.9. The van der Waals surface area contributed by atoms with Crippen LogP contribution in [0, 0.1) is 0 Å². The summed E-state index contributed by atoms with van der Waals surface area (Å²) in [6, 6.07) is 2.27. The van der Waals surface area contributed by atoms with Gasteiger partial charge < -0.3 is 5.32 Å². The Morgan fingerprint density at radius 2 is 2.15 bits per heavy atom. The SMILES string of the molecule is O=C1/C(=C\c2cc(Br)cs2)NC(=S)N1C1CCCCC1. The highest BCUT2D eigenvalue weighted by atomic mass is 79.9. The second-order valence-electron chi connectivity index (χ2n) is 5.12. The number of thiocarbonyl (C=S) groups is 1. The summed E-state index contributed by atoms with van der Waals surface area (Å²) in [6.07, 6.45) is 7.65. The predicted octanol–water partition coefficient (Wildman–Crippen LogP) is 3.90. The van der Waals surface area contributed by atoms with E-state index in [-0.39, 0.29) is 11.9 Å². The van der Waals surface area contributed by atoms with Crippen molar-refractivity contribution in [2.75, 3.05) is 0 Å². The zero-order valence-corrected chi connectivity index (χ0v) is 14.1. The first kappa shape index (κ1) is 14.2. The van der Waals surface area contributed by atoms with Crippen LogP contribution in [0.15, 0.2) is 21.6 Å². The highest BCUT2D eigenvalue weighted by molar-refractivity contribution is 9.10. The number of carbonyl (C=O) groups is 1. The molecule has 0 aromatic carbocycles. The van der Waals surface area contributed by atoms with Gasteiger partial charge in [0.05, 0.1) is 0 Å². The summed E-state index contributed by atoms with van der Waals surface area (Å²) in [6.45, 7) is 0. The Labute approximate surface area is 136 Å². The number of halogens is 1. The fraction of sp³-hybridized carbons (Fsp3) is 0.429. The normalized spacial score (nSPS) is 22.6. The van der Waals surface area contributed by atoms with Crippen molar-refractivity contribution < 1.29 is 4.79 Å². The van der Waals surface area contributed by atoms with Crippen LogP contribution >= 0.6 is 39.5 Å². The number of nitrogens with one attached hydrogen (secondary N) is 1. The minimum Gasteiger partial charge on any atom is -0.328 e. The summed E-state index contributed by atoms with van der Waals surface area (Å²) in [7, 11) is 0. The maximum atomic E-state index is 12.5. The lowest BCUT2D eigenvalue weighted by Crippen LogP contribution is -2.41. The van der Waals surface area contributed by atoms with Crippen LogP contribution in [0.1, 0.15) is 37.0 Å². The summed E-state index contributed by atoms with van der Waals surface area (Å²) in [5, 5.41) is 5.63. The van der Waals surface area contributed by atoms with Crippen molar-refractivity contribution >= 4 is 56.6 Å². The van der Waals surface area contributed by atoms with E-state index < -0.39 is 0 Å². The third-order valence-corrected chi connectivity index (χ3v) is 5.66. The number of carbonyl (C=O) groups excluding carboxylic acids is 1. The highest BCUT2D eigenvalue weighted by Crippen LogP contribution is 2.28. The average molecular weight is 371 g/mol. The van der Waals surface area contributed by atoms with E-state index in [1.807, 2.05) is 17.5 Å². The Bertz CT molecular complexity index is 575. The average Bonchev–Trinajstić information content (AvgIpc) is 2.96. The highest BCUT2D eigenvalue weighted by Gasteiger charge is 2.36. The van der Waals surface area contributed by atoms with Gasteiger partial charge in [0, 0.05) is 20.8 Å². The van der Waals surface area contributed by atoms with E-state index >= 15 is 0 Å². The standard InChI is InChI=1S/C14H15BrN2OS2/c15-9-6-11(20-8-9)7-12-13(18)17(14(19)16-12)10-4-2-1-3-5-10/h6-8,10H,1-5H2,(H,16,19)/b12-7+. The molecule has 1 aromatic heterocycles. The molecule has 1 saturated carbocycles. The van der Waals surface area contributed by atoms with Crippen molar-refractivity contribution in [3.05, 3.63) is 26.5 Å². The summed E-state index contributed by atoms with van der Waals surface area (Å²) in [5.74, 6) is 0.0198. The van der Waals surface area contributed by atoms with Crippen LogP contribution in [0.4, 0.5) is 0 Å². The van der Waals surface area contributed by atoms with Gasteiger partial charge in [0.15, 0.2) is 5.11 Å².